The van der Waals surface area contributed by atoms with Crippen LogP contribution in [0.3, 0.4) is 0 Å². The van der Waals surface area contributed by atoms with Crippen molar-refractivity contribution < 1.29 is 9.53 Å². The van der Waals surface area contributed by atoms with Gasteiger partial charge in [-0.1, -0.05) is 12.1 Å². The van der Waals surface area contributed by atoms with Crippen LogP contribution < -0.4 is 20.3 Å². The number of fused-ring (bicyclic) bond motifs is 1. The number of anilines is 1. The van der Waals surface area contributed by atoms with Crippen LogP contribution in [0.4, 0.5) is 5.69 Å². The molecule has 0 saturated carbocycles. The van der Waals surface area contributed by atoms with E-state index in [9.17, 15) is 4.79 Å². The molecule has 0 aliphatic carbocycles. The molecule has 0 radical (unpaired) electrons. The smallest absolute Gasteiger partial charge is 0.262 e. The Hall–Kier alpha value is -1.82. The molecule has 0 spiro atoms. The number of para-hydroxylation sites is 2. The van der Waals surface area contributed by atoms with E-state index in [1.165, 1.54) is 0 Å². The lowest BCUT2D eigenvalue weighted by Gasteiger charge is -2.36. The SMILES string of the molecule is CNC(=O)[C@H]1CN(C(=S)NC(C)C)c2ccccc2O1. The molecule has 1 atom stereocenters. The summed E-state index contributed by atoms with van der Waals surface area (Å²) in [5.41, 5.74) is 0.880. The molecule has 0 saturated heterocycles. The number of nitrogens with zero attached hydrogens (tertiary/aromatic N) is 1. The summed E-state index contributed by atoms with van der Waals surface area (Å²) in [6.07, 6.45) is -0.568. The van der Waals surface area contributed by atoms with Crippen molar-refractivity contribution in [3.63, 3.8) is 0 Å². The minimum absolute atomic E-state index is 0.156. The van der Waals surface area contributed by atoms with Crippen molar-refractivity contribution in [1.82, 2.24) is 10.6 Å². The minimum Gasteiger partial charge on any atom is -0.477 e. The lowest BCUT2D eigenvalue weighted by molar-refractivity contribution is -0.127. The fourth-order valence-corrected chi connectivity index (χ4v) is 2.46. The first-order chi connectivity index (χ1) is 9.52. The Morgan fingerprint density at radius 2 is 2.15 bits per heavy atom. The van der Waals surface area contributed by atoms with Crippen LogP contribution in [0.25, 0.3) is 0 Å². The molecule has 1 aromatic rings. The Labute approximate surface area is 124 Å². The van der Waals surface area contributed by atoms with Crippen LogP contribution in [0.2, 0.25) is 0 Å². The van der Waals surface area contributed by atoms with Crippen molar-refractivity contribution in [1.29, 1.82) is 0 Å². The van der Waals surface area contributed by atoms with Gasteiger partial charge in [0.25, 0.3) is 5.91 Å². The highest BCUT2D eigenvalue weighted by Crippen LogP contribution is 2.33. The van der Waals surface area contributed by atoms with Crippen LogP contribution in [0.5, 0.6) is 5.75 Å². The molecule has 2 N–H and O–H groups in total. The van der Waals surface area contributed by atoms with Crippen molar-refractivity contribution in [2.75, 3.05) is 18.5 Å². The van der Waals surface area contributed by atoms with Crippen LogP contribution in [-0.4, -0.2) is 36.8 Å². The molecule has 1 amide bonds. The van der Waals surface area contributed by atoms with Crippen LogP contribution in [0, 0.1) is 0 Å². The number of nitrogens with one attached hydrogen (secondary N) is 2. The van der Waals surface area contributed by atoms with E-state index >= 15 is 0 Å². The number of rotatable bonds is 2. The zero-order chi connectivity index (χ0) is 14.7. The fourth-order valence-electron chi connectivity index (χ4n) is 2.05. The van der Waals surface area contributed by atoms with Crippen LogP contribution in [-0.2, 0) is 4.79 Å². The van der Waals surface area contributed by atoms with E-state index in [4.69, 9.17) is 17.0 Å². The summed E-state index contributed by atoms with van der Waals surface area (Å²) in [6, 6.07) is 7.81. The van der Waals surface area contributed by atoms with Gasteiger partial charge in [0.1, 0.15) is 5.75 Å². The Morgan fingerprint density at radius 3 is 2.80 bits per heavy atom. The summed E-state index contributed by atoms with van der Waals surface area (Å²) < 4.78 is 5.73. The van der Waals surface area contributed by atoms with Gasteiger partial charge in [-0.15, -0.1) is 0 Å². The number of amides is 1. The van der Waals surface area contributed by atoms with E-state index in [1.807, 2.05) is 43.0 Å². The standard InChI is InChI=1S/C14H19N3O2S/c1-9(2)16-14(20)17-8-12(13(18)15-3)19-11-7-5-4-6-10(11)17/h4-7,9,12H,8H2,1-3H3,(H,15,18)(H,16,20)/t12-/m1/s1. The molecule has 0 bridgehead atoms. The van der Waals surface area contributed by atoms with E-state index in [1.54, 1.807) is 7.05 Å². The van der Waals surface area contributed by atoms with E-state index in [2.05, 4.69) is 10.6 Å². The maximum absolute atomic E-state index is 11.8. The maximum atomic E-state index is 11.8. The number of benzene rings is 1. The van der Waals surface area contributed by atoms with Crippen molar-refractivity contribution in [3.05, 3.63) is 24.3 Å². The van der Waals surface area contributed by atoms with Gasteiger partial charge in [-0.3, -0.25) is 4.79 Å². The lowest BCUT2D eigenvalue weighted by Crippen LogP contribution is -2.53. The van der Waals surface area contributed by atoms with Gasteiger partial charge in [-0.05, 0) is 38.2 Å². The molecule has 1 aromatic carbocycles. The summed E-state index contributed by atoms with van der Waals surface area (Å²) in [7, 11) is 1.60. The first kappa shape index (κ1) is 14.6. The first-order valence-electron chi connectivity index (χ1n) is 6.58. The highest BCUT2D eigenvalue weighted by Gasteiger charge is 2.31. The first-order valence-corrected chi connectivity index (χ1v) is 6.99. The van der Waals surface area contributed by atoms with E-state index in [0.29, 0.717) is 17.4 Å². The predicted molar refractivity (Wildman–Crippen MR) is 83.1 cm³/mol. The topological polar surface area (TPSA) is 53.6 Å². The molecule has 0 fully saturated rings. The number of carbonyl (C=O) groups excluding carboxylic acids is 1. The Morgan fingerprint density at radius 1 is 1.45 bits per heavy atom. The highest BCUT2D eigenvalue weighted by molar-refractivity contribution is 7.80. The van der Waals surface area contributed by atoms with Gasteiger partial charge in [0.05, 0.1) is 12.2 Å². The summed E-state index contributed by atoms with van der Waals surface area (Å²) in [4.78, 5) is 13.8. The van der Waals surface area contributed by atoms with Gasteiger partial charge in [-0.25, -0.2) is 0 Å². The maximum Gasteiger partial charge on any atom is 0.262 e. The fraction of sp³-hybridized carbons (Fsp3) is 0.429. The van der Waals surface area contributed by atoms with Crippen molar-refractivity contribution in [2.24, 2.45) is 0 Å². The third kappa shape index (κ3) is 3.01. The number of thiocarbonyl (C=S) groups is 1. The zero-order valence-electron chi connectivity index (χ0n) is 11.8. The van der Waals surface area contributed by atoms with Crippen molar-refractivity contribution in [2.45, 2.75) is 26.0 Å². The van der Waals surface area contributed by atoms with Crippen LogP contribution >= 0.6 is 12.2 Å². The van der Waals surface area contributed by atoms with Gasteiger partial charge in [0, 0.05) is 13.1 Å². The van der Waals surface area contributed by atoms with Gasteiger partial charge in [0.15, 0.2) is 11.2 Å². The average Bonchev–Trinajstić information content (AvgIpc) is 2.44. The number of hydrogen-bond acceptors (Lipinski definition) is 3. The largest absolute Gasteiger partial charge is 0.477 e. The van der Waals surface area contributed by atoms with Crippen molar-refractivity contribution in [3.8, 4) is 5.75 Å². The molecule has 2 rings (SSSR count). The van der Waals surface area contributed by atoms with E-state index in [0.717, 1.165) is 5.69 Å². The van der Waals surface area contributed by atoms with Crippen LogP contribution in [0.15, 0.2) is 24.3 Å². The second kappa shape index (κ2) is 6.09. The van der Waals surface area contributed by atoms with Gasteiger partial charge in [0.2, 0.25) is 0 Å². The molecule has 0 aromatic heterocycles. The molecule has 108 valence electrons. The number of hydrogen-bond donors (Lipinski definition) is 2. The van der Waals surface area contributed by atoms with Crippen LogP contribution in [0.1, 0.15) is 13.8 Å². The summed E-state index contributed by atoms with van der Waals surface area (Å²) in [6.45, 7) is 4.44. The second-order valence-electron chi connectivity index (χ2n) is 4.90. The second-order valence-corrected chi connectivity index (χ2v) is 5.29. The third-order valence-electron chi connectivity index (χ3n) is 2.97. The van der Waals surface area contributed by atoms with E-state index in [-0.39, 0.29) is 11.9 Å². The Bertz CT molecular complexity index is 519. The summed E-state index contributed by atoms with van der Waals surface area (Å²) in [5, 5.41) is 6.41. The molecule has 5 nitrogen and oxygen atoms in total. The Kier molecular flexibility index (Phi) is 4.44. The average molecular weight is 293 g/mol. The molecular weight excluding hydrogens is 274 g/mol. The number of carbonyl (C=O) groups is 1. The monoisotopic (exact) mass is 293 g/mol. The Balaban J connectivity index is 2.29. The molecule has 1 aliphatic rings. The highest BCUT2D eigenvalue weighted by atomic mass is 32.1. The molecule has 20 heavy (non-hydrogen) atoms. The zero-order valence-corrected chi connectivity index (χ0v) is 12.7. The summed E-state index contributed by atoms with van der Waals surface area (Å²) in [5.74, 6) is 0.511. The predicted octanol–water partition coefficient (Wildman–Crippen LogP) is 1.28. The van der Waals surface area contributed by atoms with Gasteiger partial charge in [-0.2, -0.15) is 0 Å². The van der Waals surface area contributed by atoms with Crippen molar-refractivity contribution >= 4 is 28.9 Å². The lowest BCUT2D eigenvalue weighted by atomic mass is 10.2. The minimum atomic E-state index is -0.568. The quantitative estimate of drug-likeness (QED) is 0.805. The third-order valence-corrected chi connectivity index (χ3v) is 3.31. The molecular formula is C14H19N3O2S. The summed E-state index contributed by atoms with van der Waals surface area (Å²) >= 11 is 5.43. The molecule has 6 heteroatoms. The number of likely N-dealkylation sites (N-methyl/N-ethyl adjacent to an activating group) is 1. The normalized spacial score (nSPS) is 17.2. The molecule has 0 unspecified atom stereocenters. The number of ether oxygens (including phenoxy) is 1. The molecule has 1 aliphatic heterocycles. The van der Waals surface area contributed by atoms with Gasteiger partial charge < -0.3 is 20.3 Å². The molecule has 1 heterocycles. The van der Waals surface area contributed by atoms with E-state index < -0.39 is 6.10 Å². The van der Waals surface area contributed by atoms with Gasteiger partial charge >= 0.3 is 0 Å².